The first-order valence-electron chi connectivity index (χ1n) is 6.97. The summed E-state index contributed by atoms with van der Waals surface area (Å²) >= 11 is 5.87. The second kappa shape index (κ2) is 6.07. The third-order valence-electron chi connectivity index (χ3n) is 3.64. The Morgan fingerprint density at radius 2 is 1.71 bits per heavy atom. The molecule has 1 unspecified atom stereocenters. The lowest BCUT2D eigenvalue weighted by Crippen LogP contribution is -2.26. The zero-order chi connectivity index (χ0) is 17.4. The third-order valence-corrected chi connectivity index (χ3v) is 4.83. The predicted molar refractivity (Wildman–Crippen MR) is 91.4 cm³/mol. The zero-order valence-electron chi connectivity index (χ0n) is 12.4. The van der Waals surface area contributed by atoms with Crippen LogP contribution in [0.25, 0.3) is 6.08 Å². The average molecular weight is 364 g/mol. The second-order valence-corrected chi connectivity index (χ2v) is 7.28. The van der Waals surface area contributed by atoms with Gasteiger partial charge in [0.2, 0.25) is 10.0 Å². The minimum absolute atomic E-state index is 0.0239. The summed E-state index contributed by atoms with van der Waals surface area (Å²) in [5.74, 6) is -1.62. The normalized spacial score (nSPS) is 21.9. The second-order valence-electron chi connectivity index (χ2n) is 5.29. The Hall–Kier alpha value is -2.12. The van der Waals surface area contributed by atoms with Crippen molar-refractivity contribution in [1.29, 1.82) is 0 Å². The van der Waals surface area contributed by atoms with E-state index in [1.54, 1.807) is 48.6 Å². The van der Waals surface area contributed by atoms with Crippen LogP contribution in [0, 0.1) is 0 Å². The van der Waals surface area contributed by atoms with E-state index >= 15 is 0 Å². The number of benzene rings is 2. The summed E-state index contributed by atoms with van der Waals surface area (Å²) < 4.78 is 27.9. The van der Waals surface area contributed by atoms with E-state index < -0.39 is 15.8 Å². The predicted octanol–water partition coefficient (Wildman–Crippen LogP) is 2.76. The zero-order valence-corrected chi connectivity index (χ0v) is 14.0. The van der Waals surface area contributed by atoms with E-state index in [0.29, 0.717) is 21.7 Å². The van der Waals surface area contributed by atoms with Crippen LogP contribution < -0.4 is 5.14 Å². The molecule has 0 aliphatic carbocycles. The van der Waals surface area contributed by atoms with Crippen molar-refractivity contribution in [3.8, 4) is 0 Å². The van der Waals surface area contributed by atoms with E-state index in [-0.39, 0.29) is 4.90 Å². The number of nitrogens with two attached hydrogens (primary N) is 1. The van der Waals surface area contributed by atoms with Crippen LogP contribution in [-0.2, 0) is 20.5 Å². The molecule has 1 aliphatic heterocycles. The summed E-state index contributed by atoms with van der Waals surface area (Å²) in [6.07, 6.45) is 4.74. The highest BCUT2D eigenvalue weighted by molar-refractivity contribution is 7.89. The van der Waals surface area contributed by atoms with Gasteiger partial charge in [0.15, 0.2) is 0 Å². The summed E-state index contributed by atoms with van der Waals surface area (Å²) in [4.78, 5) is 0.0239. The number of halogens is 1. The van der Waals surface area contributed by atoms with Crippen LogP contribution in [0.4, 0.5) is 0 Å². The molecule has 3 N–H and O–H groups in total. The first-order chi connectivity index (χ1) is 11.3. The summed E-state index contributed by atoms with van der Waals surface area (Å²) in [5, 5.41) is 16.5. The van der Waals surface area contributed by atoms with Crippen LogP contribution in [0.3, 0.4) is 0 Å². The quantitative estimate of drug-likeness (QED) is 0.877. The van der Waals surface area contributed by atoms with Gasteiger partial charge in [-0.15, -0.1) is 0 Å². The fourth-order valence-corrected chi connectivity index (χ4v) is 3.02. The molecule has 2 aromatic rings. The lowest BCUT2D eigenvalue weighted by atomic mass is 9.96. The van der Waals surface area contributed by atoms with Gasteiger partial charge >= 0.3 is 0 Å². The smallest absolute Gasteiger partial charge is 0.261 e. The standard InChI is InChI=1S/C17H14ClNO4S/c18-15-5-3-13(4-6-15)17(20)14(9-10-23-17)11-12-1-7-16(8-2-12)24(19,21)22/h1-11,20H,(H2,19,21,22)/b14-11-. The summed E-state index contributed by atoms with van der Waals surface area (Å²) in [6.45, 7) is 0. The Morgan fingerprint density at radius 1 is 1.08 bits per heavy atom. The molecule has 124 valence electrons. The van der Waals surface area contributed by atoms with Gasteiger partial charge in [-0.2, -0.15) is 0 Å². The van der Waals surface area contributed by atoms with Crippen LogP contribution in [0.15, 0.2) is 71.3 Å². The first-order valence-corrected chi connectivity index (χ1v) is 8.89. The summed E-state index contributed by atoms with van der Waals surface area (Å²) in [7, 11) is -3.74. The minimum atomic E-state index is -3.74. The molecule has 3 rings (SSSR count). The van der Waals surface area contributed by atoms with Gasteiger partial charge in [0.05, 0.1) is 11.2 Å². The maximum Gasteiger partial charge on any atom is 0.261 e. The molecule has 0 aromatic heterocycles. The van der Waals surface area contributed by atoms with Crippen molar-refractivity contribution in [1.82, 2.24) is 0 Å². The fourth-order valence-electron chi connectivity index (χ4n) is 2.38. The van der Waals surface area contributed by atoms with Crippen LogP contribution in [0.1, 0.15) is 11.1 Å². The van der Waals surface area contributed by atoms with Gasteiger partial charge < -0.3 is 9.84 Å². The van der Waals surface area contributed by atoms with E-state index in [4.69, 9.17) is 21.5 Å². The Kier molecular flexibility index (Phi) is 4.23. The fraction of sp³-hybridized carbons (Fsp3) is 0.0588. The topological polar surface area (TPSA) is 89.6 Å². The highest BCUT2D eigenvalue weighted by Crippen LogP contribution is 2.38. The van der Waals surface area contributed by atoms with Crippen molar-refractivity contribution >= 4 is 27.7 Å². The van der Waals surface area contributed by atoms with Crippen LogP contribution >= 0.6 is 11.6 Å². The van der Waals surface area contributed by atoms with Crippen LogP contribution in [0.2, 0.25) is 5.02 Å². The number of hydrogen-bond donors (Lipinski definition) is 2. The molecule has 0 bridgehead atoms. The SMILES string of the molecule is NS(=O)(=O)c1ccc(/C=C2/C=COC2(O)c2ccc(Cl)cc2)cc1. The Bertz CT molecular complexity index is 918. The molecule has 0 spiro atoms. The van der Waals surface area contributed by atoms with Gasteiger partial charge in [-0.25, -0.2) is 13.6 Å². The molecule has 1 aliphatic rings. The number of ether oxygens (including phenoxy) is 1. The van der Waals surface area contributed by atoms with E-state index in [2.05, 4.69) is 0 Å². The number of hydrogen-bond acceptors (Lipinski definition) is 4. The van der Waals surface area contributed by atoms with Crippen molar-refractivity contribution < 1.29 is 18.3 Å². The maximum atomic E-state index is 11.3. The van der Waals surface area contributed by atoms with Crippen molar-refractivity contribution in [2.24, 2.45) is 5.14 Å². The maximum absolute atomic E-state index is 11.3. The van der Waals surface area contributed by atoms with Gasteiger partial charge in [-0.1, -0.05) is 35.9 Å². The van der Waals surface area contributed by atoms with E-state index in [1.165, 1.54) is 18.4 Å². The van der Waals surface area contributed by atoms with Crippen LogP contribution in [0.5, 0.6) is 0 Å². The lowest BCUT2D eigenvalue weighted by molar-refractivity contribution is -0.129. The monoisotopic (exact) mass is 363 g/mol. The Labute approximate surface area is 144 Å². The average Bonchev–Trinajstić information content (AvgIpc) is 2.90. The summed E-state index contributed by atoms with van der Waals surface area (Å²) in [5.41, 5.74) is 1.73. The van der Waals surface area contributed by atoms with Crippen LogP contribution in [-0.4, -0.2) is 13.5 Å². The molecule has 2 aromatic carbocycles. The van der Waals surface area contributed by atoms with Crippen molar-refractivity contribution in [2.75, 3.05) is 0 Å². The molecule has 0 amide bonds. The van der Waals surface area contributed by atoms with Gasteiger partial charge in [-0.05, 0) is 42.0 Å². The Balaban J connectivity index is 1.96. The molecule has 0 radical (unpaired) electrons. The molecule has 0 fully saturated rings. The molecule has 1 heterocycles. The third kappa shape index (κ3) is 3.22. The van der Waals surface area contributed by atoms with Gasteiger partial charge in [0.25, 0.3) is 5.79 Å². The van der Waals surface area contributed by atoms with Gasteiger partial charge in [0, 0.05) is 16.2 Å². The largest absolute Gasteiger partial charge is 0.461 e. The lowest BCUT2D eigenvalue weighted by Gasteiger charge is -2.24. The van der Waals surface area contributed by atoms with Crippen molar-refractivity contribution in [2.45, 2.75) is 10.7 Å². The Morgan fingerprint density at radius 3 is 2.29 bits per heavy atom. The molecule has 0 saturated carbocycles. The van der Waals surface area contributed by atoms with Crippen molar-refractivity contribution in [3.63, 3.8) is 0 Å². The number of aliphatic hydroxyl groups is 1. The number of sulfonamides is 1. The first kappa shape index (κ1) is 16.7. The van der Waals surface area contributed by atoms with E-state index in [0.717, 1.165) is 0 Å². The van der Waals surface area contributed by atoms with E-state index in [9.17, 15) is 13.5 Å². The van der Waals surface area contributed by atoms with Gasteiger partial charge in [-0.3, -0.25) is 0 Å². The number of rotatable bonds is 3. The molecule has 1 atom stereocenters. The molecule has 7 heteroatoms. The van der Waals surface area contributed by atoms with Crippen molar-refractivity contribution in [3.05, 3.63) is 82.6 Å². The highest BCUT2D eigenvalue weighted by atomic mass is 35.5. The molecule has 0 saturated heterocycles. The number of primary sulfonamides is 1. The van der Waals surface area contributed by atoms with Gasteiger partial charge in [0.1, 0.15) is 0 Å². The highest BCUT2D eigenvalue weighted by Gasteiger charge is 2.37. The molecule has 24 heavy (non-hydrogen) atoms. The molecular formula is C17H14ClNO4S. The van der Waals surface area contributed by atoms with E-state index in [1.807, 2.05) is 0 Å². The summed E-state index contributed by atoms with van der Waals surface area (Å²) in [6, 6.07) is 12.7. The minimum Gasteiger partial charge on any atom is -0.461 e. The molecule has 5 nitrogen and oxygen atoms in total. The molecular weight excluding hydrogens is 350 g/mol.